The number of hydrogen-bond donors (Lipinski definition) is 2. The summed E-state index contributed by atoms with van der Waals surface area (Å²) in [5, 5.41) is 5.78. The lowest BCUT2D eigenvalue weighted by atomic mass is 10.2. The molecule has 0 bridgehead atoms. The molecule has 2 aromatic heterocycles. The molecule has 1 amide bonds. The molecule has 3 rings (SSSR count). The Labute approximate surface area is 138 Å². The minimum Gasteiger partial charge on any atom is -0.495 e. The molecule has 0 saturated carbocycles. The number of nitrogens with zero attached hydrogens (tertiary/aromatic N) is 2. The molecule has 0 saturated heterocycles. The SMILES string of the molecule is COc1ccccc1NC(=O)c1ccnc(NCc2ccco2)n1. The molecule has 3 aromatic rings. The van der Waals surface area contributed by atoms with Crippen LogP contribution in [0.3, 0.4) is 0 Å². The number of ether oxygens (including phenoxy) is 1. The highest BCUT2D eigenvalue weighted by molar-refractivity contribution is 6.03. The molecule has 0 unspecified atom stereocenters. The Morgan fingerprint density at radius 1 is 1.21 bits per heavy atom. The van der Waals surface area contributed by atoms with Crippen molar-refractivity contribution in [2.24, 2.45) is 0 Å². The number of rotatable bonds is 6. The van der Waals surface area contributed by atoms with Crippen LogP contribution in [-0.4, -0.2) is 23.0 Å². The molecule has 122 valence electrons. The van der Waals surface area contributed by atoms with Gasteiger partial charge in [0, 0.05) is 6.20 Å². The second-order valence-electron chi connectivity index (χ2n) is 4.85. The third-order valence-electron chi connectivity index (χ3n) is 3.24. The zero-order valence-corrected chi connectivity index (χ0v) is 13.0. The van der Waals surface area contributed by atoms with Crippen LogP contribution in [0, 0.1) is 0 Å². The Balaban J connectivity index is 1.69. The van der Waals surface area contributed by atoms with Gasteiger partial charge in [0.2, 0.25) is 5.95 Å². The standard InChI is InChI=1S/C17H16N4O3/c1-23-15-7-3-2-6-13(15)20-16(22)14-8-9-18-17(21-14)19-11-12-5-4-10-24-12/h2-10H,11H2,1H3,(H,20,22)(H,18,19,21). The molecule has 0 atom stereocenters. The number of nitrogens with one attached hydrogen (secondary N) is 2. The van der Waals surface area contributed by atoms with Crippen molar-refractivity contribution in [3.05, 3.63) is 66.4 Å². The summed E-state index contributed by atoms with van der Waals surface area (Å²) in [6.07, 6.45) is 3.11. The van der Waals surface area contributed by atoms with Crippen LogP contribution in [0.25, 0.3) is 0 Å². The number of para-hydroxylation sites is 2. The van der Waals surface area contributed by atoms with E-state index in [0.717, 1.165) is 5.76 Å². The highest BCUT2D eigenvalue weighted by atomic mass is 16.5. The fourth-order valence-corrected chi connectivity index (χ4v) is 2.08. The van der Waals surface area contributed by atoms with Gasteiger partial charge in [-0.3, -0.25) is 4.79 Å². The van der Waals surface area contributed by atoms with Crippen molar-refractivity contribution in [3.8, 4) is 5.75 Å². The monoisotopic (exact) mass is 324 g/mol. The molecule has 0 radical (unpaired) electrons. The maximum atomic E-state index is 12.4. The van der Waals surface area contributed by atoms with Crippen LogP contribution in [0.1, 0.15) is 16.2 Å². The van der Waals surface area contributed by atoms with Gasteiger partial charge in [0.1, 0.15) is 17.2 Å². The van der Waals surface area contributed by atoms with Gasteiger partial charge < -0.3 is 19.8 Å². The first-order valence-corrected chi connectivity index (χ1v) is 7.30. The number of carbonyl (C=O) groups excluding carboxylic acids is 1. The Morgan fingerprint density at radius 2 is 2.08 bits per heavy atom. The van der Waals surface area contributed by atoms with Gasteiger partial charge in [-0.1, -0.05) is 12.1 Å². The van der Waals surface area contributed by atoms with Gasteiger partial charge >= 0.3 is 0 Å². The lowest BCUT2D eigenvalue weighted by Gasteiger charge is -2.10. The second-order valence-corrected chi connectivity index (χ2v) is 4.85. The van der Waals surface area contributed by atoms with Crippen LogP contribution < -0.4 is 15.4 Å². The van der Waals surface area contributed by atoms with Crippen molar-refractivity contribution < 1.29 is 13.9 Å². The van der Waals surface area contributed by atoms with E-state index in [4.69, 9.17) is 9.15 Å². The summed E-state index contributed by atoms with van der Waals surface area (Å²) in [4.78, 5) is 20.7. The molecule has 24 heavy (non-hydrogen) atoms. The van der Waals surface area contributed by atoms with Crippen molar-refractivity contribution in [3.63, 3.8) is 0 Å². The van der Waals surface area contributed by atoms with E-state index in [1.165, 1.54) is 6.20 Å². The topological polar surface area (TPSA) is 89.3 Å². The van der Waals surface area contributed by atoms with Gasteiger partial charge in [0.15, 0.2) is 0 Å². The van der Waals surface area contributed by atoms with Gasteiger partial charge in [-0.05, 0) is 30.3 Å². The zero-order chi connectivity index (χ0) is 16.8. The Kier molecular flexibility index (Phi) is 4.71. The number of hydrogen-bond acceptors (Lipinski definition) is 6. The molecule has 7 nitrogen and oxygen atoms in total. The van der Waals surface area contributed by atoms with Gasteiger partial charge in [-0.2, -0.15) is 0 Å². The molecule has 0 aliphatic heterocycles. The first-order valence-electron chi connectivity index (χ1n) is 7.30. The quantitative estimate of drug-likeness (QED) is 0.724. The molecular formula is C17H16N4O3. The van der Waals surface area contributed by atoms with Crippen molar-refractivity contribution in [1.82, 2.24) is 9.97 Å². The summed E-state index contributed by atoms with van der Waals surface area (Å²) in [6, 6.07) is 12.4. The van der Waals surface area contributed by atoms with E-state index < -0.39 is 0 Å². The fraction of sp³-hybridized carbons (Fsp3) is 0.118. The maximum Gasteiger partial charge on any atom is 0.274 e. The number of methoxy groups -OCH3 is 1. The average Bonchev–Trinajstić information content (AvgIpc) is 3.14. The second kappa shape index (κ2) is 7.28. The van der Waals surface area contributed by atoms with E-state index in [1.54, 1.807) is 37.6 Å². The van der Waals surface area contributed by atoms with Crippen molar-refractivity contribution >= 4 is 17.5 Å². The Hall–Kier alpha value is -3.35. The van der Waals surface area contributed by atoms with E-state index in [2.05, 4.69) is 20.6 Å². The lowest BCUT2D eigenvalue weighted by molar-refractivity contribution is 0.102. The average molecular weight is 324 g/mol. The molecule has 0 aliphatic rings. The van der Waals surface area contributed by atoms with Gasteiger partial charge in [0.25, 0.3) is 5.91 Å². The normalized spacial score (nSPS) is 10.2. The highest BCUT2D eigenvalue weighted by Gasteiger charge is 2.11. The van der Waals surface area contributed by atoms with Gasteiger partial charge in [0.05, 0.1) is 25.6 Å². The van der Waals surface area contributed by atoms with Gasteiger partial charge in [-0.15, -0.1) is 0 Å². The van der Waals surface area contributed by atoms with Crippen molar-refractivity contribution in [2.75, 3.05) is 17.7 Å². The van der Waals surface area contributed by atoms with Crippen LogP contribution >= 0.6 is 0 Å². The zero-order valence-electron chi connectivity index (χ0n) is 13.0. The van der Waals surface area contributed by atoms with Gasteiger partial charge in [-0.25, -0.2) is 9.97 Å². The number of benzene rings is 1. The molecular weight excluding hydrogens is 308 g/mol. The van der Waals surface area contributed by atoms with Crippen LogP contribution in [0.15, 0.2) is 59.3 Å². The van der Waals surface area contributed by atoms with E-state index in [0.29, 0.717) is 23.9 Å². The summed E-state index contributed by atoms with van der Waals surface area (Å²) >= 11 is 0. The van der Waals surface area contributed by atoms with Crippen molar-refractivity contribution in [1.29, 1.82) is 0 Å². The number of carbonyl (C=O) groups is 1. The van der Waals surface area contributed by atoms with Crippen molar-refractivity contribution in [2.45, 2.75) is 6.54 Å². The molecule has 2 N–H and O–H groups in total. The minimum atomic E-state index is -0.344. The van der Waals surface area contributed by atoms with Crippen LogP contribution in [-0.2, 0) is 6.54 Å². The third-order valence-corrected chi connectivity index (χ3v) is 3.24. The first kappa shape index (κ1) is 15.5. The van der Waals surface area contributed by atoms with E-state index in [-0.39, 0.29) is 11.6 Å². The lowest BCUT2D eigenvalue weighted by Crippen LogP contribution is -2.15. The largest absolute Gasteiger partial charge is 0.495 e. The Morgan fingerprint density at radius 3 is 2.88 bits per heavy atom. The molecule has 1 aromatic carbocycles. The fourth-order valence-electron chi connectivity index (χ4n) is 2.08. The van der Waals surface area contributed by atoms with E-state index in [9.17, 15) is 4.79 Å². The smallest absolute Gasteiger partial charge is 0.274 e. The summed E-state index contributed by atoms with van der Waals surface area (Å²) in [5.74, 6) is 1.33. The summed E-state index contributed by atoms with van der Waals surface area (Å²) in [7, 11) is 1.55. The predicted molar refractivity (Wildman–Crippen MR) is 89.0 cm³/mol. The minimum absolute atomic E-state index is 0.248. The summed E-state index contributed by atoms with van der Waals surface area (Å²) in [6.45, 7) is 0.435. The molecule has 0 fully saturated rings. The molecule has 7 heteroatoms. The maximum absolute atomic E-state index is 12.4. The van der Waals surface area contributed by atoms with Crippen LogP contribution in [0.5, 0.6) is 5.75 Å². The van der Waals surface area contributed by atoms with Crippen LogP contribution in [0.4, 0.5) is 11.6 Å². The molecule has 2 heterocycles. The summed E-state index contributed by atoms with van der Waals surface area (Å²) in [5.41, 5.74) is 0.826. The predicted octanol–water partition coefficient (Wildman–Crippen LogP) is 2.94. The Bertz CT molecular complexity index is 818. The number of aromatic nitrogens is 2. The molecule has 0 aliphatic carbocycles. The highest BCUT2D eigenvalue weighted by Crippen LogP contribution is 2.23. The van der Waals surface area contributed by atoms with E-state index in [1.807, 2.05) is 18.2 Å². The van der Waals surface area contributed by atoms with E-state index >= 15 is 0 Å². The third kappa shape index (κ3) is 3.70. The van der Waals surface area contributed by atoms with Crippen LogP contribution in [0.2, 0.25) is 0 Å². The summed E-state index contributed by atoms with van der Waals surface area (Å²) < 4.78 is 10.4. The number of amides is 1. The number of furan rings is 1. The number of anilines is 2. The first-order chi connectivity index (χ1) is 11.8. The molecule has 0 spiro atoms.